The molecule has 0 bridgehead atoms. The lowest BCUT2D eigenvalue weighted by atomic mass is 10.1. The number of anilines is 2. The van der Waals surface area contributed by atoms with Crippen molar-refractivity contribution >= 4 is 28.9 Å². The van der Waals surface area contributed by atoms with E-state index < -0.39 is 5.82 Å². The summed E-state index contributed by atoms with van der Waals surface area (Å²) in [6.45, 7) is 1.87. The number of carbonyl (C=O) groups is 1. The van der Waals surface area contributed by atoms with E-state index in [1.54, 1.807) is 19.2 Å². The predicted octanol–water partition coefficient (Wildman–Crippen LogP) is 4.28. The lowest BCUT2D eigenvalue weighted by Gasteiger charge is -2.18. The Morgan fingerprint density at radius 1 is 1.31 bits per heavy atom. The number of carbonyl (C=O) groups excluding carboxylic acids is 1. The average molecular weight is 377 g/mol. The molecule has 1 amide bonds. The molecule has 2 aromatic rings. The first-order chi connectivity index (χ1) is 12.5. The van der Waals surface area contributed by atoms with Crippen LogP contribution in [0.2, 0.25) is 5.02 Å². The van der Waals surface area contributed by atoms with E-state index >= 15 is 0 Å². The second-order valence-electron chi connectivity index (χ2n) is 6.44. The largest absolute Gasteiger partial charge is 0.380 e. The van der Waals surface area contributed by atoms with Crippen molar-refractivity contribution in [2.45, 2.75) is 25.4 Å². The van der Waals surface area contributed by atoms with Crippen molar-refractivity contribution in [1.29, 1.82) is 0 Å². The molecular weight excluding hydrogens is 355 g/mol. The zero-order chi connectivity index (χ0) is 18.5. The molecule has 0 saturated carbocycles. The molecule has 1 aliphatic heterocycles. The van der Waals surface area contributed by atoms with Gasteiger partial charge in [-0.3, -0.25) is 4.79 Å². The van der Waals surface area contributed by atoms with Crippen LogP contribution in [-0.4, -0.2) is 32.2 Å². The van der Waals surface area contributed by atoms with Gasteiger partial charge in [0.1, 0.15) is 5.82 Å². The van der Waals surface area contributed by atoms with E-state index in [0.29, 0.717) is 12.8 Å². The Kier molecular flexibility index (Phi) is 6.12. The van der Waals surface area contributed by atoms with Crippen molar-refractivity contribution < 1.29 is 13.9 Å². The molecule has 0 radical (unpaired) electrons. The SMILES string of the molecule is COC1CCN(c2ccc(NC(=O)CCc3ccc(F)c(Cl)c3)cc2)C1. The van der Waals surface area contributed by atoms with Crippen molar-refractivity contribution in [2.24, 2.45) is 0 Å². The number of rotatable bonds is 6. The van der Waals surface area contributed by atoms with Crippen LogP contribution in [0, 0.1) is 5.82 Å². The van der Waals surface area contributed by atoms with Crippen molar-refractivity contribution in [3.63, 3.8) is 0 Å². The molecule has 1 heterocycles. The maximum atomic E-state index is 13.1. The summed E-state index contributed by atoms with van der Waals surface area (Å²) in [5, 5.41) is 2.97. The average Bonchev–Trinajstić information content (AvgIpc) is 3.12. The van der Waals surface area contributed by atoms with Gasteiger partial charge < -0.3 is 15.0 Å². The molecule has 1 atom stereocenters. The van der Waals surface area contributed by atoms with Gasteiger partial charge in [-0.1, -0.05) is 17.7 Å². The summed E-state index contributed by atoms with van der Waals surface area (Å²) in [4.78, 5) is 14.4. The fourth-order valence-electron chi connectivity index (χ4n) is 3.09. The quantitative estimate of drug-likeness (QED) is 0.818. The number of ether oxygens (including phenoxy) is 1. The Labute approximate surface area is 157 Å². The summed E-state index contributed by atoms with van der Waals surface area (Å²) in [5.41, 5.74) is 2.73. The first-order valence-corrected chi connectivity index (χ1v) is 9.04. The van der Waals surface area contributed by atoms with Gasteiger partial charge in [0.25, 0.3) is 0 Å². The summed E-state index contributed by atoms with van der Waals surface area (Å²) < 4.78 is 18.5. The number of aryl methyl sites for hydroxylation is 1. The van der Waals surface area contributed by atoms with Crippen molar-refractivity contribution in [3.05, 3.63) is 58.9 Å². The molecule has 0 aromatic heterocycles. The van der Waals surface area contributed by atoms with Crippen LogP contribution in [0.1, 0.15) is 18.4 Å². The number of benzene rings is 2. The first-order valence-electron chi connectivity index (χ1n) is 8.67. The maximum absolute atomic E-state index is 13.1. The molecule has 1 unspecified atom stereocenters. The third-order valence-corrected chi connectivity index (χ3v) is 4.91. The zero-order valence-corrected chi connectivity index (χ0v) is 15.4. The molecule has 1 aliphatic rings. The third kappa shape index (κ3) is 4.74. The van der Waals surface area contributed by atoms with E-state index in [-0.39, 0.29) is 17.0 Å². The normalized spacial score (nSPS) is 16.7. The predicted molar refractivity (Wildman–Crippen MR) is 102 cm³/mol. The van der Waals surface area contributed by atoms with Crippen LogP contribution >= 0.6 is 11.6 Å². The Morgan fingerprint density at radius 2 is 2.08 bits per heavy atom. The molecule has 1 saturated heterocycles. The standard InChI is InChI=1S/C20H22ClFN2O2/c1-26-17-10-11-24(13-17)16-6-4-15(5-7-16)23-20(25)9-3-14-2-8-19(22)18(21)12-14/h2,4-8,12,17H,3,9-11,13H2,1H3,(H,23,25). The molecule has 138 valence electrons. The van der Waals surface area contributed by atoms with E-state index in [0.717, 1.165) is 36.4 Å². The van der Waals surface area contributed by atoms with Gasteiger partial charge in [0, 0.05) is 38.0 Å². The fraction of sp³-hybridized carbons (Fsp3) is 0.350. The van der Waals surface area contributed by atoms with E-state index in [1.807, 2.05) is 24.3 Å². The minimum atomic E-state index is -0.449. The van der Waals surface area contributed by atoms with Gasteiger partial charge in [-0.15, -0.1) is 0 Å². The number of hydrogen-bond donors (Lipinski definition) is 1. The molecular formula is C20H22ClFN2O2. The monoisotopic (exact) mass is 376 g/mol. The van der Waals surface area contributed by atoms with Crippen LogP contribution in [0.25, 0.3) is 0 Å². The van der Waals surface area contributed by atoms with Gasteiger partial charge in [0.05, 0.1) is 11.1 Å². The highest BCUT2D eigenvalue weighted by Crippen LogP contribution is 2.23. The smallest absolute Gasteiger partial charge is 0.224 e. The summed E-state index contributed by atoms with van der Waals surface area (Å²) in [6.07, 6.45) is 2.14. The van der Waals surface area contributed by atoms with Crippen molar-refractivity contribution in [3.8, 4) is 0 Å². The third-order valence-electron chi connectivity index (χ3n) is 4.62. The molecule has 26 heavy (non-hydrogen) atoms. The van der Waals surface area contributed by atoms with Crippen LogP contribution in [0.15, 0.2) is 42.5 Å². The maximum Gasteiger partial charge on any atom is 0.224 e. The van der Waals surface area contributed by atoms with Crippen LogP contribution in [0.5, 0.6) is 0 Å². The Hall–Kier alpha value is -2.11. The fourth-order valence-corrected chi connectivity index (χ4v) is 3.29. The molecule has 2 aromatic carbocycles. The minimum Gasteiger partial charge on any atom is -0.380 e. The second kappa shape index (κ2) is 8.52. The molecule has 1 fully saturated rings. The van der Waals surface area contributed by atoms with Crippen molar-refractivity contribution in [1.82, 2.24) is 0 Å². The summed E-state index contributed by atoms with van der Waals surface area (Å²) in [5.74, 6) is -0.534. The summed E-state index contributed by atoms with van der Waals surface area (Å²) in [6, 6.07) is 12.3. The molecule has 0 aliphatic carbocycles. The number of methoxy groups -OCH3 is 1. The van der Waals surface area contributed by atoms with E-state index in [2.05, 4.69) is 10.2 Å². The number of halogens is 2. The van der Waals surface area contributed by atoms with Crippen LogP contribution in [-0.2, 0) is 16.0 Å². The molecule has 0 spiro atoms. The van der Waals surface area contributed by atoms with Gasteiger partial charge >= 0.3 is 0 Å². The van der Waals surface area contributed by atoms with Gasteiger partial charge in [-0.25, -0.2) is 4.39 Å². The van der Waals surface area contributed by atoms with Crippen LogP contribution in [0.4, 0.5) is 15.8 Å². The summed E-state index contributed by atoms with van der Waals surface area (Å²) in [7, 11) is 1.74. The van der Waals surface area contributed by atoms with E-state index in [1.165, 1.54) is 6.07 Å². The molecule has 3 rings (SSSR count). The van der Waals surface area contributed by atoms with E-state index in [9.17, 15) is 9.18 Å². The number of nitrogens with zero attached hydrogens (tertiary/aromatic N) is 1. The van der Waals surface area contributed by atoms with E-state index in [4.69, 9.17) is 16.3 Å². The van der Waals surface area contributed by atoms with Gasteiger partial charge in [0.2, 0.25) is 5.91 Å². The highest BCUT2D eigenvalue weighted by atomic mass is 35.5. The topological polar surface area (TPSA) is 41.6 Å². The number of hydrogen-bond acceptors (Lipinski definition) is 3. The Balaban J connectivity index is 1.50. The molecule has 1 N–H and O–H groups in total. The molecule has 4 nitrogen and oxygen atoms in total. The van der Waals surface area contributed by atoms with Crippen LogP contribution < -0.4 is 10.2 Å². The number of amides is 1. The van der Waals surface area contributed by atoms with Gasteiger partial charge in [0.15, 0.2) is 0 Å². The minimum absolute atomic E-state index is 0.0797. The Morgan fingerprint density at radius 3 is 2.73 bits per heavy atom. The highest BCUT2D eigenvalue weighted by molar-refractivity contribution is 6.30. The highest BCUT2D eigenvalue weighted by Gasteiger charge is 2.22. The van der Waals surface area contributed by atoms with Gasteiger partial charge in [-0.05, 0) is 54.8 Å². The Bertz CT molecular complexity index is 767. The second-order valence-corrected chi connectivity index (χ2v) is 6.84. The van der Waals surface area contributed by atoms with Crippen molar-refractivity contribution in [2.75, 3.05) is 30.4 Å². The lowest BCUT2D eigenvalue weighted by Crippen LogP contribution is -2.22. The van der Waals surface area contributed by atoms with Crippen LogP contribution in [0.3, 0.4) is 0 Å². The molecule has 6 heteroatoms. The summed E-state index contributed by atoms with van der Waals surface area (Å²) >= 11 is 5.76. The lowest BCUT2D eigenvalue weighted by molar-refractivity contribution is -0.116. The number of nitrogens with one attached hydrogen (secondary N) is 1. The van der Waals surface area contributed by atoms with Gasteiger partial charge in [-0.2, -0.15) is 0 Å². The zero-order valence-electron chi connectivity index (χ0n) is 14.7. The first kappa shape index (κ1) is 18.7.